The first-order valence-corrected chi connectivity index (χ1v) is 8.03. The number of hydrogen-bond donors (Lipinski definition) is 1. The summed E-state index contributed by atoms with van der Waals surface area (Å²) in [5.74, 6) is 0.455. The van der Waals surface area contributed by atoms with Crippen molar-refractivity contribution in [3.05, 3.63) is 69.8 Å². The van der Waals surface area contributed by atoms with Gasteiger partial charge in [0.1, 0.15) is 5.65 Å². The van der Waals surface area contributed by atoms with E-state index in [-0.39, 0.29) is 5.43 Å². The molecule has 1 N–H and O–H groups in total. The molecule has 0 atom stereocenters. The van der Waals surface area contributed by atoms with E-state index in [9.17, 15) is 4.79 Å². The Kier molecular flexibility index (Phi) is 3.46. The van der Waals surface area contributed by atoms with E-state index in [4.69, 9.17) is 0 Å². The van der Waals surface area contributed by atoms with Crippen LogP contribution in [-0.4, -0.2) is 24.7 Å². The van der Waals surface area contributed by atoms with Crippen LogP contribution in [0.5, 0.6) is 0 Å². The lowest BCUT2D eigenvalue weighted by Crippen LogP contribution is -2.08. The van der Waals surface area contributed by atoms with Crippen LogP contribution in [0.15, 0.2) is 47.3 Å². The van der Waals surface area contributed by atoms with E-state index in [2.05, 4.69) is 20.1 Å². The second-order valence-electron chi connectivity index (χ2n) is 6.08. The zero-order chi connectivity index (χ0) is 17.6. The molecule has 1 aromatic carbocycles. The fourth-order valence-corrected chi connectivity index (χ4v) is 3.02. The van der Waals surface area contributed by atoms with Crippen LogP contribution in [0.2, 0.25) is 0 Å². The number of aryl methyl sites for hydroxylation is 3. The van der Waals surface area contributed by atoms with Crippen molar-refractivity contribution < 1.29 is 0 Å². The Labute approximate surface area is 144 Å². The summed E-state index contributed by atoms with van der Waals surface area (Å²) in [7, 11) is 0. The molecule has 0 aliphatic rings. The number of aromatic nitrogens is 5. The molecule has 124 valence electrons. The molecule has 6 heteroatoms. The second-order valence-corrected chi connectivity index (χ2v) is 6.08. The lowest BCUT2D eigenvalue weighted by atomic mass is 10.1. The zero-order valence-electron chi connectivity index (χ0n) is 14.2. The van der Waals surface area contributed by atoms with Crippen LogP contribution in [0.4, 0.5) is 0 Å². The van der Waals surface area contributed by atoms with Crippen LogP contribution < -0.4 is 5.43 Å². The molecule has 0 saturated carbocycles. The highest BCUT2D eigenvalue weighted by atomic mass is 16.1. The van der Waals surface area contributed by atoms with Gasteiger partial charge >= 0.3 is 0 Å². The molecule has 25 heavy (non-hydrogen) atoms. The summed E-state index contributed by atoms with van der Waals surface area (Å²) in [6, 6.07) is 13.2. The van der Waals surface area contributed by atoms with E-state index in [0.717, 1.165) is 22.6 Å². The minimum Gasteiger partial charge on any atom is -0.339 e. The van der Waals surface area contributed by atoms with E-state index in [0.29, 0.717) is 22.7 Å². The van der Waals surface area contributed by atoms with Crippen molar-refractivity contribution in [1.29, 1.82) is 0 Å². The minimum atomic E-state index is -0.0688. The smallest absolute Gasteiger partial charge is 0.252 e. The fraction of sp³-hybridized carbons (Fsp3) is 0.158. The molecule has 0 unspecified atom stereocenters. The number of fused-ring (bicyclic) bond motifs is 1. The first kappa shape index (κ1) is 15.3. The lowest BCUT2D eigenvalue weighted by molar-refractivity contribution is 0.797. The van der Waals surface area contributed by atoms with E-state index < -0.39 is 0 Å². The second kappa shape index (κ2) is 5.66. The normalized spacial score (nSPS) is 11.2. The number of benzene rings is 1. The van der Waals surface area contributed by atoms with Crippen molar-refractivity contribution in [2.45, 2.75) is 20.8 Å². The first-order chi connectivity index (χ1) is 12.0. The Hall–Kier alpha value is -3.28. The predicted molar refractivity (Wildman–Crippen MR) is 96.9 cm³/mol. The molecule has 4 aromatic rings. The maximum Gasteiger partial charge on any atom is 0.252 e. The van der Waals surface area contributed by atoms with E-state index in [1.54, 1.807) is 10.7 Å². The van der Waals surface area contributed by atoms with E-state index in [1.807, 2.05) is 57.2 Å². The number of aromatic amines is 1. The molecular formula is C19H17N5O. The summed E-state index contributed by atoms with van der Waals surface area (Å²) in [6.45, 7) is 5.64. The number of rotatable bonds is 2. The monoisotopic (exact) mass is 331 g/mol. The van der Waals surface area contributed by atoms with Crippen molar-refractivity contribution in [1.82, 2.24) is 24.7 Å². The van der Waals surface area contributed by atoms with Crippen molar-refractivity contribution in [2.75, 3.05) is 0 Å². The molecule has 0 bridgehead atoms. The summed E-state index contributed by atoms with van der Waals surface area (Å²) in [4.78, 5) is 24.9. The van der Waals surface area contributed by atoms with Gasteiger partial charge in [0, 0.05) is 17.5 Å². The topological polar surface area (TPSA) is 76.5 Å². The third-order valence-electron chi connectivity index (χ3n) is 4.08. The number of pyridine rings is 1. The van der Waals surface area contributed by atoms with Crippen molar-refractivity contribution in [3.63, 3.8) is 0 Å². The molecule has 0 radical (unpaired) electrons. The largest absolute Gasteiger partial charge is 0.339 e. The Morgan fingerprint density at radius 2 is 1.64 bits per heavy atom. The molecule has 3 heterocycles. The van der Waals surface area contributed by atoms with Gasteiger partial charge in [-0.05, 0) is 32.4 Å². The highest BCUT2D eigenvalue weighted by Crippen LogP contribution is 2.21. The summed E-state index contributed by atoms with van der Waals surface area (Å²) in [6.07, 6.45) is 0. The molecule has 0 aliphatic carbocycles. The van der Waals surface area contributed by atoms with Crippen molar-refractivity contribution >= 4 is 11.0 Å². The quantitative estimate of drug-likeness (QED) is 0.612. The van der Waals surface area contributed by atoms with Gasteiger partial charge in [-0.3, -0.25) is 4.79 Å². The molecular weight excluding hydrogens is 314 g/mol. The van der Waals surface area contributed by atoms with Crippen LogP contribution in [0.25, 0.3) is 28.2 Å². The predicted octanol–water partition coefficient (Wildman–Crippen LogP) is 3.10. The highest BCUT2D eigenvalue weighted by Gasteiger charge is 2.16. The molecule has 4 rings (SSSR count). The Morgan fingerprint density at radius 1 is 0.960 bits per heavy atom. The van der Waals surface area contributed by atoms with Gasteiger partial charge in [0.25, 0.3) is 5.95 Å². The molecule has 0 aliphatic heterocycles. The van der Waals surface area contributed by atoms with Gasteiger partial charge in [0.2, 0.25) is 0 Å². The molecule has 0 fully saturated rings. The van der Waals surface area contributed by atoms with Gasteiger partial charge in [0.05, 0.1) is 16.8 Å². The molecule has 0 spiro atoms. The van der Waals surface area contributed by atoms with Gasteiger partial charge < -0.3 is 4.98 Å². The highest BCUT2D eigenvalue weighted by molar-refractivity contribution is 5.82. The average molecular weight is 331 g/mol. The van der Waals surface area contributed by atoms with Gasteiger partial charge in [-0.1, -0.05) is 30.3 Å². The maximum absolute atomic E-state index is 12.7. The van der Waals surface area contributed by atoms with Crippen molar-refractivity contribution in [3.8, 4) is 17.2 Å². The van der Waals surface area contributed by atoms with Crippen molar-refractivity contribution in [2.24, 2.45) is 0 Å². The average Bonchev–Trinajstić information content (AvgIpc) is 2.92. The first-order valence-electron chi connectivity index (χ1n) is 8.03. The fourth-order valence-electron chi connectivity index (χ4n) is 3.02. The zero-order valence-corrected chi connectivity index (χ0v) is 14.2. The maximum atomic E-state index is 12.7. The number of hydrogen-bond acceptors (Lipinski definition) is 4. The minimum absolute atomic E-state index is 0.0688. The van der Waals surface area contributed by atoms with Crippen LogP contribution in [0.1, 0.15) is 17.1 Å². The Balaban J connectivity index is 2.03. The lowest BCUT2D eigenvalue weighted by Gasteiger charge is -2.06. The molecule has 0 amide bonds. The molecule has 3 aromatic heterocycles. The summed E-state index contributed by atoms with van der Waals surface area (Å²) in [5, 5.41) is 5.06. The third kappa shape index (κ3) is 2.61. The van der Waals surface area contributed by atoms with E-state index in [1.165, 1.54) is 0 Å². The van der Waals surface area contributed by atoms with Gasteiger partial charge in [0.15, 0.2) is 5.43 Å². The van der Waals surface area contributed by atoms with E-state index >= 15 is 0 Å². The van der Waals surface area contributed by atoms with Gasteiger partial charge in [-0.15, -0.1) is 0 Å². The summed E-state index contributed by atoms with van der Waals surface area (Å²) >= 11 is 0. The van der Waals surface area contributed by atoms with Crippen LogP contribution in [0.3, 0.4) is 0 Å². The van der Waals surface area contributed by atoms with Gasteiger partial charge in [-0.25, -0.2) is 9.97 Å². The standard InChI is InChI=1S/C19H17N5O/c1-11-9-12(2)21-19(20-11)24-18-17(13(3)23-24)16(25)10-15(22-18)14-7-5-4-6-8-14/h4-10H,1-3H3,(H,22,25). The third-order valence-corrected chi connectivity index (χ3v) is 4.08. The summed E-state index contributed by atoms with van der Waals surface area (Å²) < 4.78 is 1.61. The van der Waals surface area contributed by atoms with Crippen LogP contribution in [0, 0.1) is 20.8 Å². The molecule has 0 saturated heterocycles. The van der Waals surface area contributed by atoms with Crippen LogP contribution >= 0.6 is 0 Å². The van der Waals surface area contributed by atoms with Gasteiger partial charge in [-0.2, -0.15) is 9.78 Å². The van der Waals surface area contributed by atoms with Crippen LogP contribution in [-0.2, 0) is 0 Å². The molecule has 6 nitrogen and oxygen atoms in total. The number of H-pyrrole nitrogens is 1. The Morgan fingerprint density at radius 3 is 2.32 bits per heavy atom. The SMILES string of the molecule is Cc1cc(C)nc(-n2nc(C)c3c(=O)cc(-c4ccccc4)[nH]c32)n1. The number of nitrogens with zero attached hydrogens (tertiary/aromatic N) is 4. The summed E-state index contributed by atoms with van der Waals surface area (Å²) in [5.41, 5.74) is 4.57. The Bertz CT molecular complexity index is 1120. The number of nitrogens with one attached hydrogen (secondary N) is 1.